The average molecular weight is 416 g/mol. The molecule has 3 heterocycles. The number of amides is 1. The number of aromatic nitrogens is 2. The summed E-state index contributed by atoms with van der Waals surface area (Å²) in [6.07, 6.45) is 1.78. The molecule has 31 heavy (non-hydrogen) atoms. The van der Waals surface area contributed by atoms with Crippen LogP contribution in [0.2, 0.25) is 0 Å². The summed E-state index contributed by atoms with van der Waals surface area (Å²) in [4.78, 5) is 26.8. The Morgan fingerprint density at radius 1 is 1.10 bits per heavy atom. The van der Waals surface area contributed by atoms with Crippen LogP contribution in [0.4, 0.5) is 11.5 Å². The van der Waals surface area contributed by atoms with Crippen molar-refractivity contribution in [3.8, 4) is 11.3 Å². The van der Waals surface area contributed by atoms with Gasteiger partial charge in [-0.3, -0.25) is 9.78 Å². The van der Waals surface area contributed by atoms with Crippen LogP contribution in [-0.4, -0.2) is 53.5 Å². The van der Waals surface area contributed by atoms with Gasteiger partial charge in [0.15, 0.2) is 0 Å². The minimum absolute atomic E-state index is 0.154. The number of hydrogen-bond donors (Lipinski definition) is 1. The van der Waals surface area contributed by atoms with Crippen LogP contribution < -0.4 is 10.2 Å². The Balaban J connectivity index is 1.52. The van der Waals surface area contributed by atoms with Gasteiger partial charge in [-0.2, -0.15) is 0 Å². The first-order chi connectivity index (χ1) is 14.9. The molecule has 1 aliphatic heterocycles. The van der Waals surface area contributed by atoms with Gasteiger partial charge in [0.05, 0.1) is 17.0 Å². The smallest absolute Gasteiger partial charge is 0.257 e. The summed E-state index contributed by atoms with van der Waals surface area (Å²) in [5.41, 5.74) is 5.07. The number of carbonyl (C=O) groups is 1. The van der Waals surface area contributed by atoms with Crippen molar-refractivity contribution < 1.29 is 4.79 Å². The van der Waals surface area contributed by atoms with Crippen molar-refractivity contribution in [3.05, 3.63) is 71.5 Å². The van der Waals surface area contributed by atoms with E-state index in [0.717, 1.165) is 53.7 Å². The summed E-state index contributed by atoms with van der Waals surface area (Å²) in [6, 6.07) is 16.0. The molecule has 0 bridgehead atoms. The molecule has 1 fully saturated rings. The molecule has 160 valence electrons. The number of carbonyl (C=O) groups excluding carboxylic acids is 1. The van der Waals surface area contributed by atoms with E-state index in [9.17, 15) is 4.79 Å². The molecule has 1 aromatic carbocycles. The Morgan fingerprint density at radius 3 is 2.65 bits per heavy atom. The second-order valence-electron chi connectivity index (χ2n) is 8.28. The fourth-order valence-corrected chi connectivity index (χ4v) is 3.92. The Bertz CT molecular complexity index is 1080. The zero-order chi connectivity index (χ0) is 22.0. The zero-order valence-corrected chi connectivity index (χ0v) is 18.6. The number of benzene rings is 1. The first kappa shape index (κ1) is 21.0. The molecule has 1 N–H and O–H groups in total. The third-order valence-corrected chi connectivity index (χ3v) is 6.04. The van der Waals surface area contributed by atoms with Crippen molar-refractivity contribution in [3.63, 3.8) is 0 Å². The Morgan fingerprint density at radius 2 is 1.94 bits per heavy atom. The van der Waals surface area contributed by atoms with Gasteiger partial charge >= 0.3 is 0 Å². The minimum Gasteiger partial charge on any atom is -0.354 e. The van der Waals surface area contributed by atoms with E-state index in [0.29, 0.717) is 11.6 Å². The highest BCUT2D eigenvalue weighted by Crippen LogP contribution is 2.26. The summed E-state index contributed by atoms with van der Waals surface area (Å²) in [5, 5.41) is 3.02. The largest absolute Gasteiger partial charge is 0.354 e. The number of aryl methyl sites for hydroxylation is 2. The molecule has 1 unspecified atom stereocenters. The van der Waals surface area contributed by atoms with Crippen molar-refractivity contribution in [2.45, 2.75) is 26.8 Å². The molecule has 2 aromatic heterocycles. The third-order valence-electron chi connectivity index (χ3n) is 6.04. The lowest BCUT2D eigenvalue weighted by atomic mass is 10.0. The molecule has 6 nitrogen and oxygen atoms in total. The number of likely N-dealkylation sites (N-methyl/N-ethyl adjacent to an activating group) is 1. The van der Waals surface area contributed by atoms with Crippen molar-refractivity contribution in [2.24, 2.45) is 0 Å². The van der Waals surface area contributed by atoms with E-state index < -0.39 is 0 Å². The molecule has 3 aromatic rings. The number of hydrogen-bond acceptors (Lipinski definition) is 5. The van der Waals surface area contributed by atoms with Gasteiger partial charge in [-0.1, -0.05) is 12.1 Å². The lowest BCUT2D eigenvalue weighted by Crippen LogP contribution is -2.50. The predicted octanol–water partition coefficient (Wildman–Crippen LogP) is 4.15. The van der Waals surface area contributed by atoms with E-state index in [4.69, 9.17) is 4.98 Å². The number of pyridine rings is 2. The highest BCUT2D eigenvalue weighted by molar-refractivity contribution is 6.05. The summed E-state index contributed by atoms with van der Waals surface area (Å²) in [6.45, 7) is 9.05. The fraction of sp³-hybridized carbons (Fsp3) is 0.320. The summed E-state index contributed by atoms with van der Waals surface area (Å²) < 4.78 is 0. The lowest BCUT2D eigenvalue weighted by molar-refractivity contribution is 0.102. The van der Waals surface area contributed by atoms with Crippen LogP contribution in [-0.2, 0) is 0 Å². The monoisotopic (exact) mass is 415 g/mol. The number of nitrogens with one attached hydrogen (secondary N) is 1. The molecule has 0 spiro atoms. The van der Waals surface area contributed by atoms with Crippen molar-refractivity contribution in [2.75, 3.05) is 36.9 Å². The number of piperazine rings is 1. The SMILES string of the molecule is Cc1ccc(NC(=O)c2ccc(N3CCN(C)C(C)C3)nc2C)cc1-c1ccccn1. The topological polar surface area (TPSA) is 61.4 Å². The van der Waals surface area contributed by atoms with Crippen LogP contribution in [0.1, 0.15) is 28.5 Å². The maximum atomic E-state index is 13.0. The predicted molar refractivity (Wildman–Crippen MR) is 126 cm³/mol. The molecule has 1 atom stereocenters. The highest BCUT2D eigenvalue weighted by Gasteiger charge is 2.22. The van der Waals surface area contributed by atoms with E-state index in [1.807, 2.05) is 62.4 Å². The Labute approximate surface area is 183 Å². The minimum atomic E-state index is -0.154. The average Bonchev–Trinajstić information content (AvgIpc) is 2.77. The van der Waals surface area contributed by atoms with Crippen LogP contribution in [0, 0.1) is 13.8 Å². The molecule has 4 rings (SSSR count). The summed E-state index contributed by atoms with van der Waals surface area (Å²) in [5.74, 6) is 0.779. The molecular weight excluding hydrogens is 386 g/mol. The molecule has 0 radical (unpaired) electrons. The maximum Gasteiger partial charge on any atom is 0.257 e. The molecule has 6 heteroatoms. The van der Waals surface area contributed by atoms with Gasteiger partial charge in [-0.15, -0.1) is 0 Å². The van der Waals surface area contributed by atoms with E-state index in [1.54, 1.807) is 6.20 Å². The van der Waals surface area contributed by atoms with Crippen LogP contribution in [0.25, 0.3) is 11.3 Å². The van der Waals surface area contributed by atoms with E-state index >= 15 is 0 Å². The van der Waals surface area contributed by atoms with Crippen molar-refractivity contribution in [1.29, 1.82) is 0 Å². The molecule has 0 saturated carbocycles. The molecule has 1 aliphatic rings. The van der Waals surface area contributed by atoms with Gasteiger partial charge in [0.25, 0.3) is 5.91 Å². The van der Waals surface area contributed by atoms with Crippen LogP contribution in [0.15, 0.2) is 54.7 Å². The van der Waals surface area contributed by atoms with Gasteiger partial charge in [0, 0.05) is 43.1 Å². The maximum absolute atomic E-state index is 13.0. The second-order valence-corrected chi connectivity index (χ2v) is 8.28. The fourth-order valence-electron chi connectivity index (χ4n) is 3.92. The highest BCUT2D eigenvalue weighted by atomic mass is 16.1. The summed E-state index contributed by atoms with van der Waals surface area (Å²) >= 11 is 0. The molecule has 0 aliphatic carbocycles. The molecule has 1 saturated heterocycles. The number of nitrogens with zero attached hydrogens (tertiary/aromatic N) is 4. The van der Waals surface area contributed by atoms with Gasteiger partial charge in [-0.05, 0) is 69.8 Å². The van der Waals surface area contributed by atoms with E-state index in [-0.39, 0.29) is 5.91 Å². The molecule has 1 amide bonds. The van der Waals surface area contributed by atoms with Gasteiger partial charge in [-0.25, -0.2) is 4.98 Å². The van der Waals surface area contributed by atoms with Crippen LogP contribution in [0.5, 0.6) is 0 Å². The number of anilines is 2. The van der Waals surface area contributed by atoms with E-state index in [2.05, 4.69) is 34.1 Å². The lowest BCUT2D eigenvalue weighted by Gasteiger charge is -2.38. The molecular formula is C25H29N5O. The van der Waals surface area contributed by atoms with Crippen molar-refractivity contribution in [1.82, 2.24) is 14.9 Å². The number of rotatable bonds is 4. The first-order valence-electron chi connectivity index (χ1n) is 10.7. The first-order valence-corrected chi connectivity index (χ1v) is 10.7. The standard InChI is InChI=1S/C25H29N5O/c1-17-8-9-20(15-22(17)23-7-5-6-12-26-23)28-25(31)21-10-11-24(27-19(21)3)30-14-13-29(4)18(2)16-30/h5-12,15,18H,13-14,16H2,1-4H3,(H,28,31). The second kappa shape index (κ2) is 8.86. The third kappa shape index (κ3) is 4.59. The van der Waals surface area contributed by atoms with Gasteiger partial charge in [0.1, 0.15) is 5.82 Å². The Hall–Kier alpha value is -3.25. The normalized spacial score (nSPS) is 16.9. The summed E-state index contributed by atoms with van der Waals surface area (Å²) in [7, 11) is 2.15. The van der Waals surface area contributed by atoms with Crippen LogP contribution in [0.3, 0.4) is 0 Å². The van der Waals surface area contributed by atoms with Gasteiger partial charge < -0.3 is 15.1 Å². The quantitative estimate of drug-likeness (QED) is 0.694. The van der Waals surface area contributed by atoms with Crippen molar-refractivity contribution >= 4 is 17.4 Å². The Kier molecular flexibility index (Phi) is 6.00. The zero-order valence-electron chi connectivity index (χ0n) is 18.6. The van der Waals surface area contributed by atoms with Gasteiger partial charge in [0.2, 0.25) is 0 Å². The van der Waals surface area contributed by atoms with Crippen LogP contribution >= 0.6 is 0 Å². The van der Waals surface area contributed by atoms with E-state index in [1.165, 1.54) is 0 Å².